The number of nitrogens with zero attached hydrogens (tertiary/aromatic N) is 3. The van der Waals surface area contributed by atoms with Crippen LogP contribution in [0.2, 0.25) is 0 Å². The lowest BCUT2D eigenvalue weighted by Gasteiger charge is -2.39. The summed E-state index contributed by atoms with van der Waals surface area (Å²) in [6.45, 7) is 6.68. The summed E-state index contributed by atoms with van der Waals surface area (Å²) in [7, 11) is 0. The summed E-state index contributed by atoms with van der Waals surface area (Å²) in [5, 5.41) is 3.21. The standard InChI is InChI=1S/C13H25F3N4S.HI/c1-4-17-12(18-5-10-21-3)20-8-6-19(7-9-20)11(2)13(14,15)16;/h11H,4-10H2,1-3H3,(H,17,18);1H. The molecule has 1 N–H and O–H groups in total. The summed E-state index contributed by atoms with van der Waals surface area (Å²) >= 11 is 1.73. The maximum atomic E-state index is 12.7. The molecule has 22 heavy (non-hydrogen) atoms. The van der Waals surface area contributed by atoms with Gasteiger partial charge in [0.25, 0.3) is 0 Å². The maximum Gasteiger partial charge on any atom is 0.403 e. The van der Waals surface area contributed by atoms with Crippen LogP contribution < -0.4 is 5.32 Å². The van der Waals surface area contributed by atoms with Crippen LogP contribution in [0.15, 0.2) is 4.99 Å². The van der Waals surface area contributed by atoms with Gasteiger partial charge in [0.05, 0.1) is 6.54 Å². The van der Waals surface area contributed by atoms with Crippen LogP contribution in [0.1, 0.15) is 13.8 Å². The number of nitrogens with one attached hydrogen (secondary N) is 1. The number of rotatable bonds is 5. The smallest absolute Gasteiger partial charge is 0.357 e. The van der Waals surface area contributed by atoms with Crippen LogP contribution in [0.3, 0.4) is 0 Å². The first-order chi connectivity index (χ1) is 9.90. The van der Waals surface area contributed by atoms with Crippen LogP contribution in [0.25, 0.3) is 0 Å². The molecular formula is C13H26F3IN4S. The molecule has 9 heteroatoms. The molecule has 1 aliphatic rings. The van der Waals surface area contributed by atoms with Crippen molar-refractivity contribution in [2.75, 3.05) is 51.3 Å². The number of thioether (sulfide) groups is 1. The van der Waals surface area contributed by atoms with Gasteiger partial charge < -0.3 is 10.2 Å². The Hall–Kier alpha value is 0.1000. The van der Waals surface area contributed by atoms with E-state index in [1.165, 1.54) is 11.8 Å². The largest absolute Gasteiger partial charge is 0.403 e. The molecule has 0 saturated carbocycles. The van der Waals surface area contributed by atoms with E-state index in [0.717, 1.165) is 24.8 Å². The van der Waals surface area contributed by atoms with Crippen molar-refractivity contribution in [3.05, 3.63) is 0 Å². The molecule has 1 fully saturated rings. The molecule has 0 aromatic rings. The number of hydrogen-bond acceptors (Lipinski definition) is 3. The fourth-order valence-electron chi connectivity index (χ4n) is 2.20. The van der Waals surface area contributed by atoms with Crippen LogP contribution in [0, 0.1) is 0 Å². The molecule has 0 aromatic heterocycles. The molecular weight excluding hydrogens is 428 g/mol. The maximum absolute atomic E-state index is 12.7. The van der Waals surface area contributed by atoms with Crippen molar-refractivity contribution in [1.29, 1.82) is 0 Å². The van der Waals surface area contributed by atoms with Crippen molar-refractivity contribution in [3.63, 3.8) is 0 Å². The number of guanidine groups is 1. The van der Waals surface area contributed by atoms with Gasteiger partial charge in [0, 0.05) is 38.5 Å². The van der Waals surface area contributed by atoms with Gasteiger partial charge in [-0.25, -0.2) is 0 Å². The van der Waals surface area contributed by atoms with Gasteiger partial charge in [0.1, 0.15) is 6.04 Å². The Bertz CT molecular complexity index is 334. The Morgan fingerprint density at radius 3 is 2.32 bits per heavy atom. The molecule has 1 saturated heterocycles. The molecule has 0 spiro atoms. The Morgan fingerprint density at radius 2 is 1.86 bits per heavy atom. The Labute approximate surface area is 152 Å². The van der Waals surface area contributed by atoms with Crippen LogP contribution in [-0.2, 0) is 0 Å². The van der Waals surface area contributed by atoms with Crippen LogP contribution >= 0.6 is 35.7 Å². The highest BCUT2D eigenvalue weighted by molar-refractivity contribution is 14.0. The van der Waals surface area contributed by atoms with E-state index >= 15 is 0 Å². The second-order valence-corrected chi connectivity index (χ2v) is 5.95. The predicted molar refractivity (Wildman–Crippen MR) is 98.4 cm³/mol. The fourth-order valence-corrected chi connectivity index (χ4v) is 2.47. The van der Waals surface area contributed by atoms with Gasteiger partial charge in [0.2, 0.25) is 0 Å². The van der Waals surface area contributed by atoms with Gasteiger partial charge in [0.15, 0.2) is 5.96 Å². The lowest BCUT2D eigenvalue weighted by Crippen LogP contribution is -2.56. The normalized spacial score (nSPS) is 18.8. The fraction of sp³-hybridized carbons (Fsp3) is 0.923. The first-order valence-corrected chi connectivity index (χ1v) is 8.62. The summed E-state index contributed by atoms with van der Waals surface area (Å²) in [6, 6.07) is -1.38. The van der Waals surface area contributed by atoms with E-state index in [1.807, 2.05) is 18.1 Å². The first kappa shape index (κ1) is 22.1. The molecule has 1 aliphatic heterocycles. The van der Waals surface area contributed by atoms with Crippen LogP contribution in [0.5, 0.6) is 0 Å². The second-order valence-electron chi connectivity index (χ2n) is 4.97. The van der Waals surface area contributed by atoms with Gasteiger partial charge in [-0.15, -0.1) is 24.0 Å². The summed E-state index contributed by atoms with van der Waals surface area (Å²) < 4.78 is 38.2. The van der Waals surface area contributed by atoms with Crippen molar-refractivity contribution < 1.29 is 13.2 Å². The zero-order valence-corrected chi connectivity index (χ0v) is 16.5. The number of piperazine rings is 1. The molecule has 1 heterocycles. The molecule has 1 rings (SSSR count). The molecule has 0 radical (unpaired) electrons. The highest BCUT2D eigenvalue weighted by Gasteiger charge is 2.41. The van der Waals surface area contributed by atoms with Gasteiger partial charge in [-0.05, 0) is 20.1 Å². The molecule has 0 aromatic carbocycles. The van der Waals surface area contributed by atoms with Crippen LogP contribution in [0.4, 0.5) is 13.2 Å². The molecule has 4 nitrogen and oxygen atoms in total. The van der Waals surface area contributed by atoms with E-state index in [0.29, 0.717) is 26.2 Å². The van der Waals surface area contributed by atoms with E-state index in [2.05, 4.69) is 10.3 Å². The van der Waals surface area contributed by atoms with E-state index < -0.39 is 12.2 Å². The summed E-state index contributed by atoms with van der Waals surface area (Å²) in [5.74, 6) is 1.76. The SMILES string of the molecule is CCNC(=NCCSC)N1CCN(C(C)C(F)(F)F)CC1.I. The number of aliphatic imine (C=N–C) groups is 1. The lowest BCUT2D eigenvalue weighted by atomic mass is 10.2. The van der Waals surface area contributed by atoms with Crippen molar-refractivity contribution in [1.82, 2.24) is 15.1 Å². The predicted octanol–water partition coefficient (Wildman–Crippen LogP) is 2.50. The van der Waals surface area contributed by atoms with Gasteiger partial charge in [-0.3, -0.25) is 9.89 Å². The second kappa shape index (κ2) is 10.8. The topological polar surface area (TPSA) is 30.9 Å². The summed E-state index contributed by atoms with van der Waals surface area (Å²) in [4.78, 5) is 8.05. The zero-order valence-electron chi connectivity index (χ0n) is 13.3. The lowest BCUT2D eigenvalue weighted by molar-refractivity contribution is -0.181. The summed E-state index contributed by atoms with van der Waals surface area (Å²) in [5.41, 5.74) is 0. The van der Waals surface area contributed by atoms with E-state index in [9.17, 15) is 13.2 Å². The quantitative estimate of drug-likeness (QED) is 0.300. The van der Waals surface area contributed by atoms with Crippen molar-refractivity contribution in [2.45, 2.75) is 26.1 Å². The molecule has 1 unspecified atom stereocenters. The minimum absolute atomic E-state index is 0. The van der Waals surface area contributed by atoms with Crippen molar-refractivity contribution in [2.24, 2.45) is 4.99 Å². The third-order valence-corrected chi connectivity index (χ3v) is 4.12. The highest BCUT2D eigenvalue weighted by Crippen LogP contribution is 2.25. The molecule has 0 amide bonds. The minimum atomic E-state index is -4.15. The highest BCUT2D eigenvalue weighted by atomic mass is 127. The average molecular weight is 454 g/mol. The van der Waals surface area contributed by atoms with Gasteiger partial charge in [-0.2, -0.15) is 24.9 Å². The molecule has 132 valence electrons. The molecule has 1 atom stereocenters. The average Bonchev–Trinajstić information content (AvgIpc) is 2.45. The number of hydrogen-bond donors (Lipinski definition) is 1. The Kier molecular flexibility index (Phi) is 10.8. The third kappa shape index (κ3) is 7.12. The minimum Gasteiger partial charge on any atom is -0.357 e. The summed E-state index contributed by atoms with van der Waals surface area (Å²) in [6.07, 6.45) is -2.13. The number of halogens is 4. The number of alkyl halides is 3. The molecule has 0 aliphatic carbocycles. The van der Waals surface area contributed by atoms with Gasteiger partial charge >= 0.3 is 6.18 Å². The first-order valence-electron chi connectivity index (χ1n) is 7.23. The third-order valence-electron chi connectivity index (χ3n) is 3.53. The Morgan fingerprint density at radius 1 is 1.27 bits per heavy atom. The van der Waals surface area contributed by atoms with Crippen molar-refractivity contribution >= 4 is 41.7 Å². The van der Waals surface area contributed by atoms with E-state index in [-0.39, 0.29) is 24.0 Å². The molecule has 0 bridgehead atoms. The van der Waals surface area contributed by atoms with E-state index in [1.54, 1.807) is 11.8 Å². The van der Waals surface area contributed by atoms with E-state index in [4.69, 9.17) is 0 Å². The monoisotopic (exact) mass is 454 g/mol. The van der Waals surface area contributed by atoms with Crippen molar-refractivity contribution in [3.8, 4) is 0 Å². The van der Waals surface area contributed by atoms with Crippen LogP contribution in [-0.4, -0.2) is 79.3 Å². The zero-order chi connectivity index (χ0) is 15.9. The van der Waals surface area contributed by atoms with Gasteiger partial charge in [-0.1, -0.05) is 0 Å². The Balaban J connectivity index is 0.00000441.